The van der Waals surface area contributed by atoms with E-state index >= 15 is 0 Å². The standard InChI is InChI=1S/C26H22F4N2O2S/c1-16-5-2-3-8-21(16)24(34)32-22(15-35-25(32)18-9-11-20(27)12-10-18)23(33)31-14-17-6-4-7-19(13-17)26(28,29)30/h2-13,22,25H,14-15H2,1H3,(H,31,33). The second-order valence-electron chi connectivity index (χ2n) is 8.20. The molecule has 2 atom stereocenters. The largest absolute Gasteiger partial charge is 0.416 e. The quantitative estimate of drug-likeness (QED) is 0.454. The number of rotatable bonds is 5. The van der Waals surface area contributed by atoms with Gasteiger partial charge in [0, 0.05) is 17.9 Å². The normalized spacial score (nSPS) is 17.9. The summed E-state index contributed by atoms with van der Waals surface area (Å²) in [6, 6.07) is 16.7. The Kier molecular flexibility index (Phi) is 7.16. The first kappa shape index (κ1) is 24.8. The maximum atomic E-state index is 13.6. The number of nitrogens with zero attached hydrogens (tertiary/aromatic N) is 1. The molecular formula is C26H22F4N2O2S. The molecule has 0 aliphatic carbocycles. The predicted molar refractivity (Wildman–Crippen MR) is 126 cm³/mol. The molecule has 1 saturated heterocycles. The van der Waals surface area contributed by atoms with Crippen LogP contribution in [0.15, 0.2) is 72.8 Å². The zero-order valence-corrected chi connectivity index (χ0v) is 19.5. The van der Waals surface area contributed by atoms with E-state index in [0.29, 0.717) is 16.7 Å². The van der Waals surface area contributed by atoms with Gasteiger partial charge in [-0.05, 0) is 53.9 Å². The van der Waals surface area contributed by atoms with E-state index < -0.39 is 34.9 Å². The maximum absolute atomic E-state index is 13.6. The van der Waals surface area contributed by atoms with Crippen molar-refractivity contribution in [2.24, 2.45) is 0 Å². The van der Waals surface area contributed by atoms with Gasteiger partial charge >= 0.3 is 6.18 Å². The van der Waals surface area contributed by atoms with Crippen LogP contribution in [0.25, 0.3) is 0 Å². The van der Waals surface area contributed by atoms with Crippen molar-refractivity contribution >= 4 is 23.6 Å². The minimum Gasteiger partial charge on any atom is -0.350 e. The van der Waals surface area contributed by atoms with Crippen LogP contribution in [0.2, 0.25) is 0 Å². The van der Waals surface area contributed by atoms with E-state index in [2.05, 4.69) is 5.32 Å². The van der Waals surface area contributed by atoms with Crippen LogP contribution < -0.4 is 5.32 Å². The van der Waals surface area contributed by atoms with Crippen LogP contribution in [-0.2, 0) is 17.5 Å². The van der Waals surface area contributed by atoms with Gasteiger partial charge in [-0.1, -0.05) is 42.5 Å². The third kappa shape index (κ3) is 5.51. The number of carbonyl (C=O) groups excluding carboxylic acids is 2. The predicted octanol–water partition coefficient (Wildman–Crippen LogP) is 5.73. The third-order valence-corrected chi connectivity index (χ3v) is 7.11. The summed E-state index contributed by atoms with van der Waals surface area (Å²) in [6.07, 6.45) is -4.48. The van der Waals surface area contributed by atoms with Crippen LogP contribution in [0.1, 0.15) is 38.0 Å². The molecule has 1 aliphatic heterocycles. The minimum absolute atomic E-state index is 0.114. The lowest BCUT2D eigenvalue weighted by Crippen LogP contribution is -2.48. The molecule has 4 rings (SSSR count). The number of carbonyl (C=O) groups is 2. The van der Waals surface area contributed by atoms with E-state index in [1.54, 1.807) is 37.3 Å². The van der Waals surface area contributed by atoms with Crippen molar-refractivity contribution in [2.75, 3.05) is 5.75 Å². The smallest absolute Gasteiger partial charge is 0.350 e. The van der Waals surface area contributed by atoms with Crippen LogP contribution in [0.4, 0.5) is 17.6 Å². The van der Waals surface area contributed by atoms with Crippen molar-refractivity contribution in [3.05, 3.63) is 106 Å². The van der Waals surface area contributed by atoms with Gasteiger partial charge in [-0.3, -0.25) is 9.59 Å². The Hall–Kier alpha value is -3.33. The van der Waals surface area contributed by atoms with Crippen LogP contribution in [0, 0.1) is 12.7 Å². The highest BCUT2D eigenvalue weighted by atomic mass is 32.2. The number of benzene rings is 3. The van der Waals surface area contributed by atoms with E-state index in [9.17, 15) is 27.2 Å². The molecule has 35 heavy (non-hydrogen) atoms. The lowest BCUT2D eigenvalue weighted by Gasteiger charge is -2.29. The van der Waals surface area contributed by atoms with E-state index in [0.717, 1.165) is 17.7 Å². The van der Waals surface area contributed by atoms with Crippen LogP contribution in [-0.4, -0.2) is 28.5 Å². The van der Waals surface area contributed by atoms with Crippen molar-refractivity contribution in [2.45, 2.75) is 31.1 Å². The number of amides is 2. The lowest BCUT2D eigenvalue weighted by atomic mass is 10.1. The zero-order chi connectivity index (χ0) is 25.2. The first-order chi connectivity index (χ1) is 16.6. The first-order valence-electron chi connectivity index (χ1n) is 10.8. The summed E-state index contributed by atoms with van der Waals surface area (Å²) in [6.45, 7) is 1.68. The van der Waals surface area contributed by atoms with Crippen LogP contribution >= 0.6 is 11.8 Å². The highest BCUT2D eigenvalue weighted by Crippen LogP contribution is 2.42. The second kappa shape index (κ2) is 10.1. The summed E-state index contributed by atoms with van der Waals surface area (Å²) in [7, 11) is 0. The van der Waals surface area contributed by atoms with Crippen molar-refractivity contribution in [3.63, 3.8) is 0 Å². The van der Waals surface area contributed by atoms with Crippen molar-refractivity contribution in [1.29, 1.82) is 0 Å². The Bertz CT molecular complexity index is 1230. The van der Waals surface area contributed by atoms with Gasteiger partial charge in [-0.15, -0.1) is 11.8 Å². The molecule has 3 aromatic carbocycles. The van der Waals surface area contributed by atoms with Crippen molar-refractivity contribution in [3.8, 4) is 0 Å². The molecule has 1 heterocycles. The fourth-order valence-corrected chi connectivity index (χ4v) is 5.39. The molecule has 0 aromatic heterocycles. The number of alkyl halides is 3. The molecule has 0 saturated carbocycles. The summed E-state index contributed by atoms with van der Waals surface area (Å²) in [5.74, 6) is -0.944. The fraction of sp³-hybridized carbons (Fsp3) is 0.231. The topological polar surface area (TPSA) is 49.4 Å². The van der Waals surface area contributed by atoms with E-state index in [1.807, 2.05) is 6.07 Å². The SMILES string of the molecule is Cc1ccccc1C(=O)N1C(C(=O)NCc2cccc(C(F)(F)F)c2)CSC1c1ccc(F)cc1. The summed E-state index contributed by atoms with van der Waals surface area (Å²) >= 11 is 1.38. The van der Waals surface area contributed by atoms with Gasteiger partial charge in [0.1, 0.15) is 17.2 Å². The van der Waals surface area contributed by atoms with Gasteiger partial charge in [0.2, 0.25) is 5.91 Å². The molecule has 182 valence electrons. The van der Waals surface area contributed by atoms with Gasteiger partial charge in [0.25, 0.3) is 5.91 Å². The van der Waals surface area contributed by atoms with Crippen molar-refractivity contribution in [1.82, 2.24) is 10.2 Å². The van der Waals surface area contributed by atoms with Gasteiger partial charge in [-0.2, -0.15) is 13.2 Å². The van der Waals surface area contributed by atoms with E-state index in [4.69, 9.17) is 0 Å². The summed E-state index contributed by atoms with van der Waals surface area (Å²) in [5.41, 5.74) is 1.36. The summed E-state index contributed by atoms with van der Waals surface area (Å²) in [5, 5.41) is 2.16. The molecule has 9 heteroatoms. The highest BCUT2D eigenvalue weighted by molar-refractivity contribution is 7.99. The second-order valence-corrected chi connectivity index (χ2v) is 9.31. The van der Waals surface area contributed by atoms with Crippen LogP contribution in [0.3, 0.4) is 0 Å². The van der Waals surface area contributed by atoms with Crippen LogP contribution in [0.5, 0.6) is 0 Å². The lowest BCUT2D eigenvalue weighted by molar-refractivity contribution is -0.137. The van der Waals surface area contributed by atoms with Crippen molar-refractivity contribution < 1.29 is 27.2 Å². The molecular weight excluding hydrogens is 480 g/mol. The molecule has 0 radical (unpaired) electrons. The molecule has 1 N–H and O–H groups in total. The number of thioether (sulfide) groups is 1. The molecule has 1 fully saturated rings. The molecule has 0 bridgehead atoms. The van der Waals surface area contributed by atoms with E-state index in [1.165, 1.54) is 40.9 Å². The minimum atomic E-state index is -4.48. The molecule has 0 spiro atoms. The number of aryl methyl sites for hydroxylation is 1. The average molecular weight is 503 g/mol. The molecule has 2 amide bonds. The fourth-order valence-electron chi connectivity index (χ4n) is 3.96. The monoisotopic (exact) mass is 502 g/mol. The molecule has 1 aliphatic rings. The number of hydrogen-bond acceptors (Lipinski definition) is 3. The third-order valence-electron chi connectivity index (χ3n) is 5.79. The average Bonchev–Trinajstić information content (AvgIpc) is 3.28. The zero-order valence-electron chi connectivity index (χ0n) is 18.7. The van der Waals surface area contributed by atoms with E-state index in [-0.39, 0.29) is 18.2 Å². The Labute approximate surface area is 204 Å². The van der Waals surface area contributed by atoms with Gasteiger partial charge in [0.05, 0.1) is 5.56 Å². The summed E-state index contributed by atoms with van der Waals surface area (Å²) in [4.78, 5) is 28.2. The number of hydrogen-bond donors (Lipinski definition) is 1. The molecule has 2 unspecified atom stereocenters. The number of nitrogens with one attached hydrogen (secondary N) is 1. The highest BCUT2D eigenvalue weighted by Gasteiger charge is 2.42. The Morgan fingerprint density at radius 3 is 2.43 bits per heavy atom. The van der Waals surface area contributed by atoms with Gasteiger partial charge < -0.3 is 10.2 Å². The van der Waals surface area contributed by atoms with Gasteiger partial charge in [-0.25, -0.2) is 4.39 Å². The molecule has 3 aromatic rings. The maximum Gasteiger partial charge on any atom is 0.416 e. The van der Waals surface area contributed by atoms with Gasteiger partial charge in [0.15, 0.2) is 0 Å². The molecule has 4 nitrogen and oxygen atoms in total. The first-order valence-corrected chi connectivity index (χ1v) is 11.9. The Morgan fingerprint density at radius 1 is 1.03 bits per heavy atom. The Balaban J connectivity index is 1.58. The Morgan fingerprint density at radius 2 is 1.74 bits per heavy atom. The summed E-state index contributed by atoms with van der Waals surface area (Å²) < 4.78 is 52.5. The number of halogens is 4.